The largest absolute Gasteiger partial charge is 0.489 e. The Labute approximate surface area is 195 Å². The summed E-state index contributed by atoms with van der Waals surface area (Å²) in [6.07, 6.45) is 0. The van der Waals surface area contributed by atoms with E-state index >= 15 is 0 Å². The van der Waals surface area contributed by atoms with Crippen LogP contribution in [0.4, 0.5) is 5.69 Å². The number of benzene rings is 4. The molecule has 0 aliphatic heterocycles. The van der Waals surface area contributed by atoms with Crippen LogP contribution in [0, 0.1) is 10.1 Å². The van der Waals surface area contributed by atoms with Crippen LogP contribution in [0.5, 0.6) is 5.75 Å². The zero-order chi connectivity index (χ0) is 23.3. The second-order valence-electron chi connectivity index (χ2n) is 7.51. The first-order valence-electron chi connectivity index (χ1n) is 10.6. The predicted molar refractivity (Wildman–Crippen MR) is 126 cm³/mol. The lowest BCUT2D eigenvalue weighted by molar-refractivity contribution is -0.734. The molecule has 5 aromatic rings. The smallest absolute Gasteiger partial charge is 0.340 e. The van der Waals surface area contributed by atoms with Crippen LogP contribution >= 0.6 is 0 Å². The molecule has 1 heterocycles. The van der Waals surface area contributed by atoms with Crippen molar-refractivity contribution in [3.63, 3.8) is 0 Å². The summed E-state index contributed by atoms with van der Waals surface area (Å²) in [6.45, 7) is 0.487. The van der Waals surface area contributed by atoms with E-state index in [4.69, 9.17) is 9.84 Å². The summed E-state index contributed by atoms with van der Waals surface area (Å²) in [4.78, 5) is 13.9. The number of hydrogen-bond acceptors (Lipinski definition) is 5. The van der Waals surface area contributed by atoms with Crippen LogP contribution in [-0.2, 0) is 6.61 Å². The fourth-order valence-corrected chi connectivity index (χ4v) is 3.44. The molecular weight excluding hydrogens is 430 g/mol. The number of tetrazole rings is 1. The molecule has 0 spiro atoms. The van der Waals surface area contributed by atoms with E-state index in [2.05, 4.69) is 5.10 Å². The second kappa shape index (κ2) is 9.33. The van der Waals surface area contributed by atoms with Crippen molar-refractivity contribution < 1.29 is 14.5 Å². The maximum atomic E-state index is 11.0. The summed E-state index contributed by atoms with van der Waals surface area (Å²) in [7, 11) is 0. The zero-order valence-corrected chi connectivity index (χ0v) is 18.1. The van der Waals surface area contributed by atoms with Crippen molar-refractivity contribution in [2.24, 2.45) is 0 Å². The normalized spacial score (nSPS) is 10.7. The molecule has 0 N–H and O–H groups in total. The Bertz CT molecular complexity index is 1400. The molecule has 0 atom stereocenters. The van der Waals surface area contributed by atoms with Gasteiger partial charge in [-0.05, 0) is 64.0 Å². The molecule has 5 rings (SSSR count). The molecule has 8 heteroatoms. The molecule has 8 nitrogen and oxygen atoms in total. The summed E-state index contributed by atoms with van der Waals surface area (Å²) in [5.41, 5.74) is 3.39. The van der Waals surface area contributed by atoms with Gasteiger partial charge >= 0.3 is 5.82 Å². The highest BCUT2D eigenvalue weighted by Crippen LogP contribution is 2.21. The van der Waals surface area contributed by atoms with Crippen LogP contribution in [0.3, 0.4) is 0 Å². The monoisotopic (exact) mass is 450 g/mol. The van der Waals surface area contributed by atoms with E-state index in [-0.39, 0.29) is 5.69 Å². The van der Waals surface area contributed by atoms with Crippen LogP contribution in [0.25, 0.3) is 22.8 Å². The Balaban J connectivity index is 1.45. The third-order valence-corrected chi connectivity index (χ3v) is 5.20. The van der Waals surface area contributed by atoms with Crippen LogP contribution in [0.2, 0.25) is 0 Å². The third kappa shape index (κ3) is 4.51. The first-order valence-corrected chi connectivity index (χ1v) is 10.6. The molecule has 0 fully saturated rings. The van der Waals surface area contributed by atoms with Crippen LogP contribution in [-0.4, -0.2) is 19.9 Å². The highest BCUT2D eigenvalue weighted by molar-refractivity contribution is 5.55. The lowest BCUT2D eigenvalue weighted by atomic mass is 10.2. The Morgan fingerprint density at radius 2 is 1.47 bits per heavy atom. The molecule has 0 saturated carbocycles. The molecule has 0 saturated heterocycles. The van der Waals surface area contributed by atoms with Gasteiger partial charge in [0.25, 0.3) is 5.69 Å². The summed E-state index contributed by atoms with van der Waals surface area (Å²) in [6, 6.07) is 33.3. The molecule has 166 valence electrons. The van der Waals surface area contributed by atoms with Gasteiger partial charge in [0, 0.05) is 16.9 Å². The Morgan fingerprint density at radius 1 is 0.824 bits per heavy atom. The van der Waals surface area contributed by atoms with Gasteiger partial charge in [0.05, 0.1) is 15.6 Å². The lowest BCUT2D eigenvalue weighted by Gasteiger charge is -2.05. The summed E-state index contributed by atoms with van der Waals surface area (Å²) in [5, 5.41) is 20.4. The molecular formula is C26H20N5O3+. The fourth-order valence-electron chi connectivity index (χ4n) is 3.44. The summed E-state index contributed by atoms with van der Waals surface area (Å²) < 4.78 is 5.87. The van der Waals surface area contributed by atoms with Crippen molar-refractivity contribution in [2.75, 3.05) is 0 Å². The topological polar surface area (TPSA) is 87.0 Å². The maximum Gasteiger partial charge on any atom is 0.340 e. The zero-order valence-electron chi connectivity index (χ0n) is 18.1. The molecule has 0 bridgehead atoms. The predicted octanol–water partition coefficient (Wildman–Crippen LogP) is 4.70. The van der Waals surface area contributed by atoms with E-state index in [1.807, 2.05) is 84.9 Å². The summed E-state index contributed by atoms with van der Waals surface area (Å²) >= 11 is 0. The lowest BCUT2D eigenvalue weighted by Crippen LogP contribution is -2.43. The van der Waals surface area contributed by atoms with Gasteiger partial charge in [-0.15, -0.1) is 0 Å². The van der Waals surface area contributed by atoms with E-state index in [0.29, 0.717) is 18.1 Å². The fraction of sp³-hybridized carbons (Fsp3) is 0.0385. The summed E-state index contributed by atoms with van der Waals surface area (Å²) in [5.74, 6) is 1.26. The number of nitro benzene ring substituents is 1. The standard InChI is InChI=1S/C26H20N5O3/c32-31(33)24-15-13-23(14-16-24)30-28-26(27-29(30)22-9-5-2-6-10-22)21-11-17-25(18-12-21)34-19-20-7-3-1-4-8-20/h1-18H,19H2/q+1. The number of rotatable bonds is 7. The van der Waals surface area contributed by atoms with E-state index in [0.717, 1.165) is 22.6 Å². The SMILES string of the molecule is O=[N+]([O-])c1ccc(-[n+]2nc(-c3ccc(OCc4ccccc4)cc3)nn2-c2ccccc2)cc1. The Kier molecular flexibility index (Phi) is 5.77. The van der Waals surface area contributed by atoms with Crippen LogP contribution < -0.4 is 9.53 Å². The van der Waals surface area contributed by atoms with Crippen molar-refractivity contribution in [2.45, 2.75) is 6.61 Å². The molecule has 1 aromatic heterocycles. The van der Waals surface area contributed by atoms with Gasteiger partial charge in [-0.3, -0.25) is 10.1 Å². The quantitative estimate of drug-likeness (QED) is 0.204. The minimum Gasteiger partial charge on any atom is -0.489 e. The van der Waals surface area contributed by atoms with Crippen molar-refractivity contribution in [1.82, 2.24) is 15.0 Å². The minimum absolute atomic E-state index is 0.0152. The van der Waals surface area contributed by atoms with Crippen LogP contribution in [0.1, 0.15) is 5.56 Å². The average Bonchev–Trinajstić information content (AvgIpc) is 3.34. The van der Waals surface area contributed by atoms with E-state index in [1.54, 1.807) is 21.7 Å². The Hall–Kier alpha value is -4.85. The number of aromatic nitrogens is 4. The van der Waals surface area contributed by atoms with E-state index in [9.17, 15) is 10.1 Å². The van der Waals surface area contributed by atoms with Gasteiger partial charge in [0.2, 0.25) is 0 Å². The second-order valence-corrected chi connectivity index (χ2v) is 7.51. The first kappa shape index (κ1) is 21.0. The van der Waals surface area contributed by atoms with E-state index < -0.39 is 4.92 Å². The van der Waals surface area contributed by atoms with Crippen molar-refractivity contribution in [3.8, 4) is 28.5 Å². The van der Waals surface area contributed by atoms with Gasteiger partial charge < -0.3 is 4.74 Å². The third-order valence-electron chi connectivity index (χ3n) is 5.20. The molecule has 0 unspecified atom stereocenters. The van der Waals surface area contributed by atoms with Crippen LogP contribution in [0.15, 0.2) is 109 Å². The minimum atomic E-state index is -0.427. The van der Waals surface area contributed by atoms with Gasteiger partial charge in [0.1, 0.15) is 18.0 Å². The number of ether oxygens (including phenoxy) is 1. The molecule has 4 aromatic carbocycles. The number of hydrogen-bond donors (Lipinski definition) is 0. The Morgan fingerprint density at radius 3 is 2.12 bits per heavy atom. The first-order chi connectivity index (χ1) is 16.7. The molecule has 34 heavy (non-hydrogen) atoms. The van der Waals surface area contributed by atoms with E-state index in [1.165, 1.54) is 12.1 Å². The number of non-ortho nitro benzene ring substituents is 1. The van der Waals surface area contributed by atoms with Crippen molar-refractivity contribution in [1.29, 1.82) is 0 Å². The van der Waals surface area contributed by atoms with Gasteiger partial charge in [-0.2, -0.15) is 0 Å². The van der Waals surface area contributed by atoms with Gasteiger partial charge in [-0.1, -0.05) is 48.5 Å². The molecule has 0 aliphatic carbocycles. The number of nitro groups is 1. The van der Waals surface area contributed by atoms with Crippen molar-refractivity contribution >= 4 is 5.69 Å². The highest BCUT2D eigenvalue weighted by atomic mass is 16.6. The highest BCUT2D eigenvalue weighted by Gasteiger charge is 2.24. The number of para-hydroxylation sites is 1. The molecule has 0 amide bonds. The average molecular weight is 450 g/mol. The molecule has 0 aliphatic rings. The molecule has 0 radical (unpaired) electrons. The van der Waals surface area contributed by atoms with Gasteiger partial charge in [0.15, 0.2) is 5.69 Å². The van der Waals surface area contributed by atoms with Crippen molar-refractivity contribution in [3.05, 3.63) is 125 Å². The number of nitrogens with zero attached hydrogens (tertiary/aromatic N) is 5. The maximum absolute atomic E-state index is 11.0. The van der Waals surface area contributed by atoms with Gasteiger partial charge in [-0.25, -0.2) is 0 Å².